The Bertz CT molecular complexity index is 437. The lowest BCUT2D eigenvalue weighted by Gasteiger charge is -2.18. The largest absolute Gasteiger partial charge is 0.496 e. The van der Waals surface area contributed by atoms with Crippen LogP contribution in [0.2, 0.25) is 5.02 Å². The number of amides is 1. The lowest BCUT2D eigenvalue weighted by atomic mass is 9.99. The number of methoxy groups -OCH3 is 1. The van der Waals surface area contributed by atoms with Crippen molar-refractivity contribution >= 4 is 17.5 Å². The molecule has 0 fully saturated rings. The summed E-state index contributed by atoms with van der Waals surface area (Å²) in [5.74, 6) is 0.634. The van der Waals surface area contributed by atoms with Crippen LogP contribution in [0.5, 0.6) is 5.75 Å². The Morgan fingerprint density at radius 1 is 1.53 bits per heavy atom. The molecule has 0 aliphatic carbocycles. The van der Waals surface area contributed by atoms with Crippen molar-refractivity contribution in [3.05, 3.63) is 28.8 Å². The second-order valence-electron chi connectivity index (χ2n) is 4.55. The predicted octanol–water partition coefficient (Wildman–Crippen LogP) is 2.34. The number of ether oxygens (including phenoxy) is 1. The fourth-order valence-corrected chi connectivity index (χ4v) is 1.94. The van der Waals surface area contributed by atoms with Crippen LogP contribution < -0.4 is 15.8 Å². The van der Waals surface area contributed by atoms with Crippen LogP contribution in [0, 0.1) is 5.92 Å². The molecule has 3 N–H and O–H groups in total. The number of carbonyl (C=O) groups is 1. The third-order valence-corrected chi connectivity index (χ3v) is 3.65. The molecule has 0 radical (unpaired) electrons. The lowest BCUT2D eigenvalue weighted by Crippen LogP contribution is -2.44. The first-order chi connectivity index (χ1) is 9.01. The highest BCUT2D eigenvalue weighted by Gasteiger charge is 2.19. The lowest BCUT2D eigenvalue weighted by molar-refractivity contribution is -0.123. The van der Waals surface area contributed by atoms with Gasteiger partial charge in [0, 0.05) is 17.1 Å². The van der Waals surface area contributed by atoms with E-state index < -0.39 is 6.04 Å². The van der Waals surface area contributed by atoms with Crippen molar-refractivity contribution in [3.8, 4) is 5.75 Å². The van der Waals surface area contributed by atoms with Crippen LogP contribution in [-0.4, -0.2) is 19.1 Å². The van der Waals surface area contributed by atoms with Gasteiger partial charge in [-0.25, -0.2) is 0 Å². The first kappa shape index (κ1) is 15.8. The summed E-state index contributed by atoms with van der Waals surface area (Å²) in [6.45, 7) is 4.28. The summed E-state index contributed by atoms with van der Waals surface area (Å²) >= 11 is 6.10. The monoisotopic (exact) mass is 284 g/mol. The van der Waals surface area contributed by atoms with E-state index in [1.807, 2.05) is 19.9 Å². The van der Waals surface area contributed by atoms with Crippen molar-refractivity contribution in [2.24, 2.45) is 11.7 Å². The molecule has 0 aliphatic heterocycles. The van der Waals surface area contributed by atoms with Crippen molar-refractivity contribution in [1.29, 1.82) is 0 Å². The van der Waals surface area contributed by atoms with Gasteiger partial charge in [-0.15, -0.1) is 0 Å². The smallest absolute Gasteiger partial charge is 0.237 e. The molecule has 1 aromatic rings. The van der Waals surface area contributed by atoms with E-state index in [2.05, 4.69) is 5.32 Å². The van der Waals surface area contributed by atoms with Crippen LogP contribution in [0.1, 0.15) is 25.8 Å². The summed E-state index contributed by atoms with van der Waals surface area (Å²) in [5, 5.41) is 3.37. The van der Waals surface area contributed by atoms with Gasteiger partial charge in [0.1, 0.15) is 5.75 Å². The Kier molecular flexibility index (Phi) is 6.12. The summed E-state index contributed by atoms with van der Waals surface area (Å²) < 4.78 is 5.22. The molecular formula is C14H21ClN2O2. The quantitative estimate of drug-likeness (QED) is 0.843. The molecule has 0 saturated carbocycles. The first-order valence-corrected chi connectivity index (χ1v) is 6.73. The Morgan fingerprint density at radius 3 is 2.79 bits per heavy atom. The number of nitrogens with one attached hydrogen (secondary N) is 1. The fraction of sp³-hybridized carbons (Fsp3) is 0.500. The zero-order valence-electron chi connectivity index (χ0n) is 11.6. The molecule has 1 aromatic carbocycles. The average Bonchev–Trinajstić information content (AvgIpc) is 2.43. The van der Waals surface area contributed by atoms with Gasteiger partial charge in [0.25, 0.3) is 0 Å². The first-order valence-electron chi connectivity index (χ1n) is 6.35. The molecule has 0 saturated heterocycles. The molecule has 106 valence electrons. The number of halogens is 1. The Hall–Kier alpha value is -1.26. The van der Waals surface area contributed by atoms with Crippen molar-refractivity contribution in [1.82, 2.24) is 5.32 Å². The Balaban J connectivity index is 2.69. The van der Waals surface area contributed by atoms with Gasteiger partial charge in [-0.2, -0.15) is 0 Å². The van der Waals surface area contributed by atoms with Gasteiger partial charge in [-0.3, -0.25) is 4.79 Å². The molecular weight excluding hydrogens is 264 g/mol. The predicted molar refractivity (Wildman–Crippen MR) is 77.3 cm³/mol. The molecule has 1 rings (SSSR count). The van der Waals surface area contributed by atoms with E-state index in [4.69, 9.17) is 22.1 Å². The summed E-state index contributed by atoms with van der Waals surface area (Å²) in [6.07, 6.45) is 0.865. The van der Waals surface area contributed by atoms with Crippen LogP contribution >= 0.6 is 11.6 Å². The normalized spacial score (nSPS) is 13.7. The standard InChI is InChI=1S/C14H21ClN2O2/c1-4-9(2)13(16)14(18)17-8-10-11(15)6-5-7-12(10)19-3/h5-7,9,13H,4,8,16H2,1-3H3,(H,17,18)/t9-,13-/m0/s1. The van der Waals surface area contributed by atoms with Crippen LogP contribution in [0.3, 0.4) is 0 Å². The summed E-state index contributed by atoms with van der Waals surface area (Å²) in [6, 6.07) is 4.87. The minimum atomic E-state index is -0.501. The van der Waals surface area contributed by atoms with E-state index in [1.54, 1.807) is 19.2 Å². The van der Waals surface area contributed by atoms with Crippen LogP contribution in [0.25, 0.3) is 0 Å². The molecule has 0 aliphatic rings. The van der Waals surface area contributed by atoms with E-state index in [9.17, 15) is 4.79 Å². The van der Waals surface area contributed by atoms with Gasteiger partial charge in [0.05, 0.1) is 13.2 Å². The number of benzene rings is 1. The molecule has 0 unspecified atom stereocenters. The second kappa shape index (κ2) is 7.36. The van der Waals surface area contributed by atoms with E-state index in [0.29, 0.717) is 17.3 Å². The second-order valence-corrected chi connectivity index (χ2v) is 4.96. The molecule has 0 aromatic heterocycles. The SMILES string of the molecule is CC[C@H](C)[C@H](N)C(=O)NCc1c(Cl)cccc1OC. The third-order valence-electron chi connectivity index (χ3n) is 3.29. The van der Waals surface area contributed by atoms with Crippen molar-refractivity contribution < 1.29 is 9.53 Å². The summed E-state index contributed by atoms with van der Waals surface area (Å²) in [5.41, 5.74) is 6.63. The highest BCUT2D eigenvalue weighted by atomic mass is 35.5. The minimum absolute atomic E-state index is 0.146. The molecule has 2 atom stereocenters. The van der Waals surface area contributed by atoms with E-state index >= 15 is 0 Å². The van der Waals surface area contributed by atoms with E-state index in [1.165, 1.54) is 0 Å². The molecule has 19 heavy (non-hydrogen) atoms. The van der Waals surface area contributed by atoms with Gasteiger partial charge < -0.3 is 15.8 Å². The average molecular weight is 285 g/mol. The van der Waals surface area contributed by atoms with Crippen molar-refractivity contribution in [2.75, 3.05) is 7.11 Å². The zero-order valence-corrected chi connectivity index (χ0v) is 12.3. The molecule has 4 nitrogen and oxygen atoms in total. The van der Waals surface area contributed by atoms with Gasteiger partial charge in [-0.05, 0) is 18.1 Å². The van der Waals surface area contributed by atoms with Crippen LogP contribution in [0.4, 0.5) is 0 Å². The molecule has 0 bridgehead atoms. The Labute approximate surface area is 119 Å². The maximum atomic E-state index is 11.9. The number of rotatable bonds is 6. The van der Waals surface area contributed by atoms with E-state index in [0.717, 1.165) is 12.0 Å². The summed E-state index contributed by atoms with van der Waals surface area (Å²) in [7, 11) is 1.57. The van der Waals surface area contributed by atoms with Crippen LogP contribution in [-0.2, 0) is 11.3 Å². The zero-order chi connectivity index (χ0) is 14.4. The maximum Gasteiger partial charge on any atom is 0.237 e. The minimum Gasteiger partial charge on any atom is -0.496 e. The highest BCUT2D eigenvalue weighted by Crippen LogP contribution is 2.25. The Morgan fingerprint density at radius 2 is 2.21 bits per heavy atom. The van der Waals surface area contributed by atoms with Gasteiger partial charge in [0.15, 0.2) is 0 Å². The highest BCUT2D eigenvalue weighted by molar-refractivity contribution is 6.31. The van der Waals surface area contributed by atoms with Crippen LogP contribution in [0.15, 0.2) is 18.2 Å². The third kappa shape index (κ3) is 4.11. The topological polar surface area (TPSA) is 64.4 Å². The van der Waals surface area contributed by atoms with Gasteiger partial charge >= 0.3 is 0 Å². The van der Waals surface area contributed by atoms with Gasteiger partial charge in [-0.1, -0.05) is 37.9 Å². The van der Waals surface area contributed by atoms with Gasteiger partial charge in [0.2, 0.25) is 5.91 Å². The maximum absolute atomic E-state index is 11.9. The van der Waals surface area contributed by atoms with E-state index in [-0.39, 0.29) is 11.8 Å². The number of hydrogen-bond acceptors (Lipinski definition) is 3. The van der Waals surface area contributed by atoms with Crippen molar-refractivity contribution in [3.63, 3.8) is 0 Å². The molecule has 0 heterocycles. The molecule has 0 spiro atoms. The number of hydrogen-bond donors (Lipinski definition) is 2. The van der Waals surface area contributed by atoms with Crippen molar-refractivity contribution in [2.45, 2.75) is 32.9 Å². The molecule has 1 amide bonds. The molecule has 5 heteroatoms. The number of nitrogens with two attached hydrogens (primary N) is 1. The number of carbonyl (C=O) groups excluding carboxylic acids is 1. The fourth-order valence-electron chi connectivity index (χ4n) is 1.71. The summed E-state index contributed by atoms with van der Waals surface area (Å²) in [4.78, 5) is 11.9.